The van der Waals surface area contributed by atoms with E-state index in [0.717, 1.165) is 19.3 Å². The van der Waals surface area contributed by atoms with Crippen molar-refractivity contribution in [2.24, 2.45) is 5.73 Å². The van der Waals surface area contributed by atoms with Crippen LogP contribution in [0.1, 0.15) is 47.0 Å². The average molecular weight is 297 g/mol. The molecule has 0 aromatic rings. The Morgan fingerprint density at radius 3 is 2.33 bits per heavy atom. The maximum absolute atomic E-state index is 12.3. The predicted octanol–water partition coefficient (Wildman–Crippen LogP) is 1.33. The molecule has 1 unspecified atom stereocenters. The number of carbonyl (C=O) groups excluding carboxylic acids is 2. The summed E-state index contributed by atoms with van der Waals surface area (Å²) < 4.78 is 5.39. The first-order valence-corrected chi connectivity index (χ1v) is 7.74. The maximum atomic E-state index is 12.3. The van der Waals surface area contributed by atoms with Crippen molar-refractivity contribution in [2.45, 2.75) is 70.7 Å². The van der Waals surface area contributed by atoms with Crippen molar-refractivity contribution in [1.82, 2.24) is 9.80 Å². The van der Waals surface area contributed by atoms with E-state index in [1.165, 1.54) is 0 Å². The summed E-state index contributed by atoms with van der Waals surface area (Å²) in [5.41, 5.74) is 5.26. The third-order valence-corrected chi connectivity index (χ3v) is 3.79. The zero-order valence-corrected chi connectivity index (χ0v) is 13.5. The molecular formula is C15H27N3O3. The Bertz CT molecular complexity index is 413. The molecule has 2 aliphatic rings. The van der Waals surface area contributed by atoms with E-state index in [1.807, 2.05) is 25.7 Å². The van der Waals surface area contributed by atoms with Crippen LogP contribution in [0.25, 0.3) is 0 Å². The zero-order valence-electron chi connectivity index (χ0n) is 13.5. The van der Waals surface area contributed by atoms with Crippen LogP contribution in [0.15, 0.2) is 0 Å². The second-order valence-corrected chi connectivity index (χ2v) is 7.13. The minimum absolute atomic E-state index is 0.00598. The number of ether oxygens (including phenoxy) is 1. The van der Waals surface area contributed by atoms with E-state index in [9.17, 15) is 9.59 Å². The van der Waals surface area contributed by atoms with Gasteiger partial charge in [-0.2, -0.15) is 0 Å². The summed E-state index contributed by atoms with van der Waals surface area (Å²) in [7, 11) is 0. The van der Waals surface area contributed by atoms with Crippen LogP contribution >= 0.6 is 0 Å². The van der Waals surface area contributed by atoms with Crippen molar-refractivity contribution in [3.05, 3.63) is 0 Å². The molecule has 0 aromatic carbocycles. The van der Waals surface area contributed by atoms with E-state index in [1.54, 1.807) is 11.8 Å². The van der Waals surface area contributed by atoms with Crippen LogP contribution in [0.4, 0.5) is 4.79 Å². The molecule has 1 saturated carbocycles. The summed E-state index contributed by atoms with van der Waals surface area (Å²) in [6, 6.07) is -0.100. The van der Waals surface area contributed by atoms with Gasteiger partial charge in [-0.25, -0.2) is 4.79 Å². The van der Waals surface area contributed by atoms with Crippen LogP contribution in [0.5, 0.6) is 0 Å². The number of likely N-dealkylation sites (tertiary alicyclic amines) is 1. The minimum atomic E-state index is -0.493. The van der Waals surface area contributed by atoms with Crippen molar-refractivity contribution in [1.29, 1.82) is 0 Å². The molecule has 21 heavy (non-hydrogen) atoms. The molecule has 2 amide bonds. The largest absolute Gasteiger partial charge is 0.444 e. The number of rotatable bonds is 3. The Labute approximate surface area is 126 Å². The van der Waals surface area contributed by atoms with Crippen molar-refractivity contribution >= 4 is 12.0 Å². The summed E-state index contributed by atoms with van der Waals surface area (Å²) >= 11 is 0. The van der Waals surface area contributed by atoms with Gasteiger partial charge in [0, 0.05) is 19.1 Å². The van der Waals surface area contributed by atoms with Gasteiger partial charge in [0.1, 0.15) is 5.60 Å². The lowest BCUT2D eigenvalue weighted by Gasteiger charge is -2.31. The summed E-state index contributed by atoms with van der Waals surface area (Å²) in [5, 5.41) is 0. The first-order chi connectivity index (χ1) is 9.69. The Morgan fingerprint density at radius 1 is 1.24 bits per heavy atom. The number of hydrogen-bond acceptors (Lipinski definition) is 4. The number of hydrogen-bond donors (Lipinski definition) is 1. The second-order valence-electron chi connectivity index (χ2n) is 7.13. The monoisotopic (exact) mass is 297 g/mol. The molecule has 120 valence electrons. The molecule has 2 fully saturated rings. The summed E-state index contributed by atoms with van der Waals surface area (Å²) in [5.74, 6) is -0.00598. The number of amides is 2. The smallest absolute Gasteiger partial charge is 0.410 e. The lowest BCUT2D eigenvalue weighted by molar-refractivity contribution is -0.135. The van der Waals surface area contributed by atoms with E-state index in [2.05, 4.69) is 0 Å². The highest BCUT2D eigenvalue weighted by molar-refractivity contribution is 5.82. The van der Waals surface area contributed by atoms with Gasteiger partial charge in [0.15, 0.2) is 0 Å². The third kappa shape index (κ3) is 4.09. The fraction of sp³-hybridized carbons (Fsp3) is 0.867. The van der Waals surface area contributed by atoms with Gasteiger partial charge in [0.25, 0.3) is 0 Å². The van der Waals surface area contributed by atoms with E-state index in [4.69, 9.17) is 10.5 Å². The molecule has 2 rings (SSSR count). The first kappa shape index (κ1) is 16.1. The fourth-order valence-electron chi connectivity index (χ4n) is 2.71. The Morgan fingerprint density at radius 2 is 1.86 bits per heavy atom. The Kier molecular flexibility index (Phi) is 4.46. The van der Waals surface area contributed by atoms with Gasteiger partial charge in [0.05, 0.1) is 12.1 Å². The SMILES string of the molecule is C[C@H](N)C(=O)N(C1CC1)C1CCN(C(=O)OC(C)(C)C)C1. The molecule has 0 bridgehead atoms. The molecule has 6 nitrogen and oxygen atoms in total. The van der Waals surface area contributed by atoms with Crippen molar-refractivity contribution in [2.75, 3.05) is 13.1 Å². The predicted molar refractivity (Wildman–Crippen MR) is 79.7 cm³/mol. The summed E-state index contributed by atoms with van der Waals surface area (Å²) in [6.07, 6.45) is 2.59. The van der Waals surface area contributed by atoms with E-state index < -0.39 is 11.6 Å². The molecule has 2 N–H and O–H groups in total. The summed E-state index contributed by atoms with van der Waals surface area (Å²) in [4.78, 5) is 28.0. The highest BCUT2D eigenvalue weighted by Crippen LogP contribution is 2.32. The topological polar surface area (TPSA) is 75.9 Å². The van der Waals surface area contributed by atoms with Gasteiger partial charge in [-0.15, -0.1) is 0 Å². The standard InChI is InChI=1S/C15H27N3O3/c1-10(16)13(19)18(11-5-6-11)12-7-8-17(9-12)14(20)21-15(2,3)4/h10-12H,5-9,16H2,1-4H3/t10-,12?/m0/s1. The molecule has 2 atom stereocenters. The molecule has 1 heterocycles. The zero-order chi connectivity index (χ0) is 15.8. The van der Waals surface area contributed by atoms with Crippen molar-refractivity contribution < 1.29 is 14.3 Å². The molecule has 0 aromatic heterocycles. The number of nitrogens with zero attached hydrogens (tertiary/aromatic N) is 2. The third-order valence-electron chi connectivity index (χ3n) is 3.79. The first-order valence-electron chi connectivity index (χ1n) is 7.74. The van der Waals surface area contributed by atoms with Crippen LogP contribution < -0.4 is 5.73 Å². The van der Waals surface area contributed by atoms with E-state index in [-0.39, 0.29) is 18.0 Å². The quantitative estimate of drug-likeness (QED) is 0.853. The molecule has 1 saturated heterocycles. The van der Waals surface area contributed by atoms with E-state index >= 15 is 0 Å². The number of nitrogens with two attached hydrogens (primary N) is 1. The normalized spacial score (nSPS) is 23.9. The van der Waals surface area contributed by atoms with Gasteiger partial charge in [-0.1, -0.05) is 0 Å². The van der Waals surface area contributed by atoms with Crippen LogP contribution in [-0.4, -0.2) is 58.6 Å². The molecule has 1 aliphatic carbocycles. The lowest BCUT2D eigenvalue weighted by Crippen LogP contribution is -2.50. The van der Waals surface area contributed by atoms with Crippen LogP contribution in [0.3, 0.4) is 0 Å². The highest BCUT2D eigenvalue weighted by atomic mass is 16.6. The fourth-order valence-corrected chi connectivity index (χ4v) is 2.71. The van der Waals surface area contributed by atoms with Crippen LogP contribution in [-0.2, 0) is 9.53 Å². The molecule has 0 radical (unpaired) electrons. The van der Waals surface area contributed by atoms with E-state index in [0.29, 0.717) is 19.1 Å². The Hall–Kier alpha value is -1.30. The lowest BCUT2D eigenvalue weighted by atomic mass is 10.2. The molecule has 6 heteroatoms. The second kappa shape index (κ2) is 5.83. The van der Waals surface area contributed by atoms with Crippen molar-refractivity contribution in [3.8, 4) is 0 Å². The molecule has 1 aliphatic heterocycles. The van der Waals surface area contributed by atoms with Crippen molar-refractivity contribution in [3.63, 3.8) is 0 Å². The van der Waals surface area contributed by atoms with Gasteiger partial charge in [-0.3, -0.25) is 4.79 Å². The van der Waals surface area contributed by atoms with Gasteiger partial charge < -0.3 is 20.3 Å². The molecule has 0 spiro atoms. The highest BCUT2D eigenvalue weighted by Gasteiger charge is 2.42. The van der Waals surface area contributed by atoms with Crippen LogP contribution in [0, 0.1) is 0 Å². The molecular weight excluding hydrogens is 270 g/mol. The van der Waals surface area contributed by atoms with Gasteiger partial charge in [-0.05, 0) is 47.0 Å². The minimum Gasteiger partial charge on any atom is -0.444 e. The maximum Gasteiger partial charge on any atom is 0.410 e. The van der Waals surface area contributed by atoms with Gasteiger partial charge in [0.2, 0.25) is 5.91 Å². The number of carbonyl (C=O) groups is 2. The van der Waals surface area contributed by atoms with Crippen LogP contribution in [0.2, 0.25) is 0 Å². The summed E-state index contributed by atoms with van der Waals surface area (Å²) in [6.45, 7) is 8.47. The Balaban J connectivity index is 1.97. The van der Waals surface area contributed by atoms with Gasteiger partial charge >= 0.3 is 6.09 Å². The average Bonchev–Trinajstić information content (AvgIpc) is 3.03.